The number of rotatable bonds is 9. The Labute approximate surface area is 236 Å². The third-order valence-electron chi connectivity index (χ3n) is 7.12. The van der Waals surface area contributed by atoms with Crippen molar-refractivity contribution in [2.45, 2.75) is 18.4 Å². The van der Waals surface area contributed by atoms with E-state index in [2.05, 4.69) is 10.3 Å². The van der Waals surface area contributed by atoms with Gasteiger partial charge >= 0.3 is 0 Å². The Kier molecular flexibility index (Phi) is 7.80. The molecule has 0 amide bonds. The van der Waals surface area contributed by atoms with Crippen LogP contribution < -0.4 is 21.3 Å². The first-order valence-electron chi connectivity index (χ1n) is 12.9. The Balaban J connectivity index is 1.32. The Morgan fingerprint density at radius 1 is 0.975 bits per heavy atom. The van der Waals surface area contributed by atoms with Gasteiger partial charge in [-0.25, -0.2) is 0 Å². The van der Waals surface area contributed by atoms with Gasteiger partial charge in [0.05, 0.1) is 12.6 Å². The maximum atomic E-state index is 11.8. The zero-order chi connectivity index (χ0) is 28.3. The quantitative estimate of drug-likeness (QED) is 0.150. The van der Waals surface area contributed by atoms with Crippen molar-refractivity contribution in [2.75, 3.05) is 19.0 Å². The first-order chi connectivity index (χ1) is 19.3. The number of H-pyrrole nitrogens is 1. The average molecular weight is 556 g/mol. The molecule has 0 saturated heterocycles. The molecule has 0 radical (unpaired) electrons. The molecule has 0 saturated carbocycles. The van der Waals surface area contributed by atoms with E-state index in [1.54, 1.807) is 19.2 Å². The van der Waals surface area contributed by atoms with Gasteiger partial charge in [0, 0.05) is 40.0 Å². The fraction of sp³-hybridized carbons (Fsp3) is 0.156. The summed E-state index contributed by atoms with van der Waals surface area (Å²) in [6.45, 7) is -0.0158. The van der Waals surface area contributed by atoms with Gasteiger partial charge in [-0.15, -0.1) is 0 Å². The van der Waals surface area contributed by atoms with E-state index in [4.69, 9.17) is 22.1 Å². The molecule has 6 N–H and O–H groups in total. The predicted octanol–water partition coefficient (Wildman–Crippen LogP) is 6.09. The summed E-state index contributed by atoms with van der Waals surface area (Å²) >= 11 is 6.21. The highest BCUT2D eigenvalue weighted by Crippen LogP contribution is 2.36. The van der Waals surface area contributed by atoms with Crippen LogP contribution in [0.15, 0.2) is 95.8 Å². The first kappa shape index (κ1) is 27.3. The van der Waals surface area contributed by atoms with Gasteiger partial charge < -0.3 is 31.0 Å². The van der Waals surface area contributed by atoms with Crippen LogP contribution in [0.4, 0.5) is 11.4 Å². The molecule has 0 unspecified atom stereocenters. The van der Waals surface area contributed by atoms with Crippen molar-refractivity contribution >= 4 is 33.9 Å². The zero-order valence-corrected chi connectivity index (χ0v) is 22.7. The summed E-state index contributed by atoms with van der Waals surface area (Å²) in [5, 5.41) is 26.4. The van der Waals surface area contributed by atoms with E-state index in [-0.39, 0.29) is 23.4 Å². The zero-order valence-electron chi connectivity index (χ0n) is 21.9. The highest BCUT2D eigenvalue weighted by molar-refractivity contribution is 6.30. The number of ether oxygens (including phenoxy) is 1. The number of nitrogens with two attached hydrogens (primary N) is 1. The maximum absolute atomic E-state index is 11.8. The molecule has 0 aliphatic carbocycles. The number of halogens is 1. The molecule has 0 spiro atoms. The van der Waals surface area contributed by atoms with E-state index in [9.17, 15) is 15.0 Å². The Bertz CT molecular complexity index is 1720. The largest absolute Gasteiger partial charge is 0.506 e. The second kappa shape index (κ2) is 11.4. The lowest BCUT2D eigenvalue weighted by Crippen LogP contribution is -2.35. The Hall–Kier alpha value is -4.30. The van der Waals surface area contributed by atoms with Crippen LogP contribution in [0, 0.1) is 0 Å². The number of methoxy groups -OCH3 is 1. The van der Waals surface area contributed by atoms with Gasteiger partial charge in [0.2, 0.25) is 5.56 Å². The third-order valence-corrected chi connectivity index (χ3v) is 7.35. The van der Waals surface area contributed by atoms with Crippen molar-refractivity contribution in [1.82, 2.24) is 4.98 Å². The number of aryl methyl sites for hydroxylation is 1. The van der Waals surface area contributed by atoms with E-state index in [1.807, 2.05) is 66.7 Å². The summed E-state index contributed by atoms with van der Waals surface area (Å²) in [6, 6.07) is 27.6. The molecule has 1 heterocycles. The lowest BCUT2D eigenvalue weighted by Gasteiger charge is -2.28. The van der Waals surface area contributed by atoms with Crippen LogP contribution in [0.1, 0.15) is 17.5 Å². The number of pyridine rings is 1. The number of aromatic nitrogens is 1. The summed E-state index contributed by atoms with van der Waals surface area (Å²) in [4.78, 5) is 14.4. The van der Waals surface area contributed by atoms with Crippen LogP contribution in [0.25, 0.3) is 22.0 Å². The predicted molar refractivity (Wildman–Crippen MR) is 161 cm³/mol. The summed E-state index contributed by atoms with van der Waals surface area (Å²) in [7, 11) is 1.64. The van der Waals surface area contributed by atoms with Gasteiger partial charge in [-0.3, -0.25) is 4.79 Å². The topological polar surface area (TPSA) is 121 Å². The number of anilines is 2. The molecule has 204 valence electrons. The molecule has 0 bridgehead atoms. The molecule has 1 aromatic heterocycles. The van der Waals surface area contributed by atoms with Gasteiger partial charge in [0.15, 0.2) is 0 Å². The standard InChI is InChI=1S/C32H30ClN3O4/c1-40-29-13-9-24(18-26(29)21-3-2-4-22(33)17-21)35-23-7-5-20(6-8-23)15-16-32(39,19-34)27-11-12-28(37)31-25(27)10-14-30(38)36-31/h2-14,17-18,35,37,39H,15-16,19,34H2,1H3,(H,36,38)/t32-/m0/s1. The van der Waals surface area contributed by atoms with Gasteiger partial charge in [-0.2, -0.15) is 0 Å². The summed E-state index contributed by atoms with van der Waals surface area (Å²) in [6.07, 6.45) is 0.928. The van der Waals surface area contributed by atoms with Crippen LogP contribution in [-0.4, -0.2) is 28.9 Å². The Morgan fingerprint density at radius 3 is 2.48 bits per heavy atom. The minimum atomic E-state index is -1.35. The number of hydrogen-bond donors (Lipinski definition) is 5. The van der Waals surface area contributed by atoms with E-state index in [0.717, 1.165) is 33.8 Å². The number of fused-ring (bicyclic) bond motifs is 1. The van der Waals surface area contributed by atoms with Crippen molar-refractivity contribution in [3.05, 3.63) is 117 Å². The minimum absolute atomic E-state index is 0.0158. The molecule has 40 heavy (non-hydrogen) atoms. The molecule has 4 aromatic carbocycles. The number of nitrogens with one attached hydrogen (secondary N) is 2. The molecule has 0 aliphatic heterocycles. The lowest BCUT2D eigenvalue weighted by molar-refractivity contribution is 0.0384. The van der Waals surface area contributed by atoms with Crippen LogP contribution in [0.5, 0.6) is 11.5 Å². The number of phenols is 1. The van der Waals surface area contributed by atoms with Gasteiger partial charge in [0.1, 0.15) is 17.1 Å². The molecule has 1 atom stereocenters. The molecular weight excluding hydrogens is 526 g/mol. The highest BCUT2D eigenvalue weighted by Gasteiger charge is 2.30. The van der Waals surface area contributed by atoms with Crippen molar-refractivity contribution in [1.29, 1.82) is 0 Å². The molecule has 5 rings (SSSR count). The number of aromatic amines is 1. The number of benzene rings is 4. The number of phenolic OH excluding ortho intramolecular Hbond substituents is 1. The summed E-state index contributed by atoms with van der Waals surface area (Å²) in [5.74, 6) is 0.693. The normalized spacial score (nSPS) is 12.7. The van der Waals surface area contributed by atoms with E-state index >= 15 is 0 Å². The van der Waals surface area contributed by atoms with Crippen molar-refractivity contribution in [2.24, 2.45) is 5.73 Å². The lowest BCUT2D eigenvalue weighted by atomic mass is 9.85. The molecule has 5 aromatic rings. The second-order valence-electron chi connectivity index (χ2n) is 9.73. The van der Waals surface area contributed by atoms with Gasteiger partial charge in [-0.05, 0) is 84.1 Å². The van der Waals surface area contributed by atoms with E-state index in [0.29, 0.717) is 28.8 Å². The number of hydrogen-bond acceptors (Lipinski definition) is 6. The summed E-state index contributed by atoms with van der Waals surface area (Å²) < 4.78 is 5.56. The number of aromatic hydroxyl groups is 1. The SMILES string of the molecule is COc1ccc(Nc2ccc(CC[C@](O)(CN)c3ccc(O)c4[nH]c(=O)ccc34)cc2)cc1-c1cccc(Cl)c1. The Morgan fingerprint density at radius 2 is 1.75 bits per heavy atom. The fourth-order valence-corrected chi connectivity index (χ4v) is 5.12. The van der Waals surface area contributed by atoms with Crippen LogP contribution in [0.2, 0.25) is 5.02 Å². The molecular formula is C32H30ClN3O4. The minimum Gasteiger partial charge on any atom is -0.506 e. The maximum Gasteiger partial charge on any atom is 0.248 e. The van der Waals surface area contributed by atoms with Gasteiger partial charge in [-0.1, -0.05) is 41.9 Å². The van der Waals surface area contributed by atoms with Crippen LogP contribution in [0.3, 0.4) is 0 Å². The highest BCUT2D eigenvalue weighted by atomic mass is 35.5. The molecule has 7 nitrogen and oxygen atoms in total. The third kappa shape index (κ3) is 5.67. The average Bonchev–Trinajstić information content (AvgIpc) is 2.97. The van der Waals surface area contributed by atoms with Crippen molar-refractivity contribution in [3.8, 4) is 22.6 Å². The van der Waals surface area contributed by atoms with Crippen LogP contribution >= 0.6 is 11.6 Å². The number of aliphatic hydroxyl groups is 1. The first-order valence-corrected chi connectivity index (χ1v) is 13.3. The molecule has 0 fully saturated rings. The second-order valence-corrected chi connectivity index (χ2v) is 10.2. The summed E-state index contributed by atoms with van der Waals surface area (Å²) in [5.41, 5.74) is 9.94. The van der Waals surface area contributed by atoms with E-state index in [1.165, 1.54) is 12.1 Å². The van der Waals surface area contributed by atoms with Gasteiger partial charge in [0.25, 0.3) is 0 Å². The van der Waals surface area contributed by atoms with Crippen molar-refractivity contribution in [3.63, 3.8) is 0 Å². The monoisotopic (exact) mass is 555 g/mol. The molecule has 8 heteroatoms. The molecule has 0 aliphatic rings. The van der Waals surface area contributed by atoms with E-state index < -0.39 is 5.60 Å². The smallest absolute Gasteiger partial charge is 0.248 e. The van der Waals surface area contributed by atoms with Crippen molar-refractivity contribution < 1.29 is 14.9 Å². The van der Waals surface area contributed by atoms with Crippen LogP contribution in [-0.2, 0) is 12.0 Å². The fourth-order valence-electron chi connectivity index (χ4n) is 4.93.